The topological polar surface area (TPSA) is 53.4 Å². The van der Waals surface area contributed by atoms with Crippen LogP contribution in [0.15, 0.2) is 36.5 Å². The van der Waals surface area contributed by atoms with Crippen molar-refractivity contribution in [3.63, 3.8) is 0 Å². The molecule has 0 bridgehead atoms. The molecule has 4 heteroatoms. The molecule has 1 N–H and O–H groups in total. The van der Waals surface area contributed by atoms with Gasteiger partial charge in [0, 0.05) is 18.1 Å². The summed E-state index contributed by atoms with van der Waals surface area (Å²) in [5, 5.41) is 11.2. The summed E-state index contributed by atoms with van der Waals surface area (Å²) in [6.07, 6.45) is 3.48. The molecular weight excluding hydrogens is 240 g/mol. The maximum atomic E-state index is 12.6. The number of hydrogen-bond donors (Lipinski definition) is 1. The molecule has 98 valence electrons. The zero-order valence-corrected chi connectivity index (χ0v) is 10.6. The van der Waals surface area contributed by atoms with E-state index in [0.717, 1.165) is 23.6 Å². The Kier molecular flexibility index (Phi) is 3.17. The number of carbonyl (C=O) groups is 1. The Morgan fingerprint density at radius 2 is 2.21 bits per heavy atom. The van der Waals surface area contributed by atoms with Gasteiger partial charge in [-0.2, -0.15) is 0 Å². The Balaban J connectivity index is 2.02. The minimum absolute atomic E-state index is 0.0243. The zero-order chi connectivity index (χ0) is 13.2. The highest BCUT2D eigenvalue weighted by Crippen LogP contribution is 2.23. The lowest BCUT2D eigenvalue weighted by Crippen LogP contribution is -2.38. The highest BCUT2D eigenvalue weighted by atomic mass is 16.3. The summed E-state index contributed by atoms with van der Waals surface area (Å²) >= 11 is 0. The fourth-order valence-electron chi connectivity index (χ4n) is 2.72. The summed E-state index contributed by atoms with van der Waals surface area (Å²) in [5.74, 6) is -0.0756. The number of benzene rings is 1. The second kappa shape index (κ2) is 4.97. The van der Waals surface area contributed by atoms with Gasteiger partial charge in [0.25, 0.3) is 5.91 Å². The first kappa shape index (κ1) is 12.1. The number of likely N-dealkylation sites (tertiary alicyclic amines) is 1. The van der Waals surface area contributed by atoms with E-state index < -0.39 is 0 Å². The van der Waals surface area contributed by atoms with E-state index in [-0.39, 0.29) is 18.6 Å². The van der Waals surface area contributed by atoms with Crippen molar-refractivity contribution in [2.45, 2.75) is 18.9 Å². The molecule has 1 amide bonds. The quantitative estimate of drug-likeness (QED) is 0.892. The summed E-state index contributed by atoms with van der Waals surface area (Å²) in [4.78, 5) is 18.6. The highest BCUT2D eigenvalue weighted by molar-refractivity contribution is 6.05. The molecule has 1 aliphatic heterocycles. The molecule has 2 heterocycles. The van der Waals surface area contributed by atoms with Gasteiger partial charge in [-0.15, -0.1) is 0 Å². The van der Waals surface area contributed by atoms with Gasteiger partial charge in [-0.1, -0.05) is 24.3 Å². The number of nitrogens with zero attached hydrogens (tertiary/aromatic N) is 2. The Labute approximate surface area is 111 Å². The normalized spacial score (nSPS) is 19.0. The van der Waals surface area contributed by atoms with Gasteiger partial charge in [0.1, 0.15) is 5.69 Å². The van der Waals surface area contributed by atoms with Crippen molar-refractivity contribution in [1.82, 2.24) is 9.88 Å². The fourth-order valence-corrected chi connectivity index (χ4v) is 2.72. The van der Waals surface area contributed by atoms with Crippen molar-refractivity contribution in [1.29, 1.82) is 0 Å². The number of pyridine rings is 1. The maximum absolute atomic E-state index is 12.6. The summed E-state index contributed by atoms with van der Waals surface area (Å²) in [6.45, 7) is 0.728. The molecule has 0 radical (unpaired) electrons. The highest BCUT2D eigenvalue weighted by Gasteiger charge is 2.30. The lowest BCUT2D eigenvalue weighted by Gasteiger charge is -2.23. The predicted octanol–water partition coefficient (Wildman–Crippen LogP) is 1.83. The molecule has 3 rings (SSSR count). The minimum atomic E-state index is -0.0756. The minimum Gasteiger partial charge on any atom is -0.394 e. The smallest absolute Gasteiger partial charge is 0.273 e. The predicted molar refractivity (Wildman–Crippen MR) is 72.9 cm³/mol. The molecule has 1 aliphatic rings. The summed E-state index contributed by atoms with van der Waals surface area (Å²) in [7, 11) is 0. The van der Waals surface area contributed by atoms with Crippen molar-refractivity contribution in [3.05, 3.63) is 42.2 Å². The third-order valence-corrected chi connectivity index (χ3v) is 3.72. The van der Waals surface area contributed by atoms with Crippen LogP contribution in [-0.4, -0.2) is 40.1 Å². The number of amides is 1. The van der Waals surface area contributed by atoms with Crippen LogP contribution in [0, 0.1) is 0 Å². The molecule has 0 saturated carbocycles. The van der Waals surface area contributed by atoms with Crippen molar-refractivity contribution in [2.24, 2.45) is 0 Å². The van der Waals surface area contributed by atoms with Crippen LogP contribution in [0.5, 0.6) is 0 Å². The number of aliphatic hydroxyl groups excluding tert-OH is 1. The zero-order valence-electron chi connectivity index (χ0n) is 10.6. The average molecular weight is 256 g/mol. The van der Waals surface area contributed by atoms with Crippen molar-refractivity contribution >= 4 is 16.7 Å². The molecule has 4 nitrogen and oxygen atoms in total. The SMILES string of the molecule is O=C(c1nccc2ccccc12)N1CCCC1CO. The Morgan fingerprint density at radius 3 is 3.05 bits per heavy atom. The first-order chi connectivity index (χ1) is 9.31. The van der Waals surface area contributed by atoms with E-state index in [2.05, 4.69) is 4.98 Å². The first-order valence-electron chi connectivity index (χ1n) is 6.57. The van der Waals surface area contributed by atoms with E-state index in [1.54, 1.807) is 11.1 Å². The van der Waals surface area contributed by atoms with Crippen LogP contribution in [0.1, 0.15) is 23.3 Å². The summed E-state index contributed by atoms with van der Waals surface area (Å²) in [5.41, 5.74) is 0.485. The summed E-state index contributed by atoms with van der Waals surface area (Å²) < 4.78 is 0. The van der Waals surface area contributed by atoms with Gasteiger partial charge in [0.15, 0.2) is 0 Å². The van der Waals surface area contributed by atoms with Gasteiger partial charge < -0.3 is 10.0 Å². The molecular formula is C15H16N2O2. The summed E-state index contributed by atoms with van der Waals surface area (Å²) in [6, 6.07) is 9.59. The maximum Gasteiger partial charge on any atom is 0.273 e. The van der Waals surface area contributed by atoms with Crippen molar-refractivity contribution < 1.29 is 9.90 Å². The molecule has 2 aromatic rings. The Morgan fingerprint density at radius 1 is 1.37 bits per heavy atom. The average Bonchev–Trinajstić information content (AvgIpc) is 2.94. The molecule has 1 aromatic heterocycles. The molecule has 1 unspecified atom stereocenters. The van der Waals surface area contributed by atoms with Crippen LogP contribution in [0.3, 0.4) is 0 Å². The molecule has 1 atom stereocenters. The fraction of sp³-hybridized carbons (Fsp3) is 0.333. The Hall–Kier alpha value is -1.94. The van der Waals surface area contributed by atoms with Gasteiger partial charge >= 0.3 is 0 Å². The third kappa shape index (κ3) is 2.08. The van der Waals surface area contributed by atoms with Crippen LogP contribution in [0.25, 0.3) is 10.8 Å². The van der Waals surface area contributed by atoms with Gasteiger partial charge in [0.2, 0.25) is 0 Å². The van der Waals surface area contributed by atoms with E-state index in [4.69, 9.17) is 0 Å². The van der Waals surface area contributed by atoms with Crippen molar-refractivity contribution in [3.8, 4) is 0 Å². The van der Waals surface area contributed by atoms with Crippen LogP contribution in [0.2, 0.25) is 0 Å². The van der Waals surface area contributed by atoms with Gasteiger partial charge in [0.05, 0.1) is 12.6 Å². The lowest BCUT2D eigenvalue weighted by atomic mass is 10.1. The molecule has 1 saturated heterocycles. The number of aromatic nitrogens is 1. The number of carbonyl (C=O) groups excluding carboxylic acids is 1. The molecule has 1 fully saturated rings. The third-order valence-electron chi connectivity index (χ3n) is 3.72. The van der Waals surface area contributed by atoms with Crippen molar-refractivity contribution in [2.75, 3.05) is 13.2 Å². The lowest BCUT2D eigenvalue weighted by molar-refractivity contribution is 0.0674. The van der Waals surface area contributed by atoms with Crippen LogP contribution < -0.4 is 0 Å². The second-order valence-corrected chi connectivity index (χ2v) is 4.86. The van der Waals surface area contributed by atoms with E-state index >= 15 is 0 Å². The van der Waals surface area contributed by atoms with Gasteiger partial charge in [-0.05, 0) is 24.3 Å². The number of hydrogen-bond acceptors (Lipinski definition) is 3. The van der Waals surface area contributed by atoms with Crippen LogP contribution >= 0.6 is 0 Å². The van der Waals surface area contributed by atoms with Gasteiger partial charge in [-0.25, -0.2) is 0 Å². The monoisotopic (exact) mass is 256 g/mol. The number of fused-ring (bicyclic) bond motifs is 1. The van der Waals surface area contributed by atoms with E-state index in [9.17, 15) is 9.90 Å². The van der Waals surface area contributed by atoms with Crippen LogP contribution in [0.4, 0.5) is 0 Å². The number of rotatable bonds is 2. The van der Waals surface area contributed by atoms with E-state index in [1.165, 1.54) is 0 Å². The molecule has 0 spiro atoms. The second-order valence-electron chi connectivity index (χ2n) is 4.86. The molecule has 19 heavy (non-hydrogen) atoms. The number of aliphatic hydroxyl groups is 1. The van der Waals surface area contributed by atoms with Crippen LogP contribution in [-0.2, 0) is 0 Å². The van der Waals surface area contributed by atoms with E-state index in [0.29, 0.717) is 12.2 Å². The first-order valence-corrected chi connectivity index (χ1v) is 6.57. The van der Waals surface area contributed by atoms with E-state index in [1.807, 2.05) is 30.3 Å². The Bertz CT molecular complexity index is 607. The molecule has 1 aromatic carbocycles. The standard InChI is InChI=1S/C15H16N2O2/c18-10-12-5-3-9-17(12)15(19)14-13-6-2-1-4-11(13)7-8-16-14/h1-2,4,6-8,12,18H,3,5,9-10H2. The largest absolute Gasteiger partial charge is 0.394 e. The van der Waals surface area contributed by atoms with Gasteiger partial charge in [-0.3, -0.25) is 9.78 Å². The molecule has 0 aliphatic carbocycles.